The Kier molecular flexibility index (Phi) is 6.30. The predicted octanol–water partition coefficient (Wildman–Crippen LogP) is 4.76. The Balaban J connectivity index is 1.70. The molecule has 0 spiro atoms. The number of carbonyl (C=O) groups is 1. The Labute approximate surface area is 213 Å². The molecule has 0 radical (unpaired) electrons. The third-order valence-electron chi connectivity index (χ3n) is 6.20. The Morgan fingerprint density at radius 1 is 1.03 bits per heavy atom. The summed E-state index contributed by atoms with van der Waals surface area (Å²) >= 11 is 5.86. The summed E-state index contributed by atoms with van der Waals surface area (Å²) < 4.78 is 13.2. The summed E-state index contributed by atoms with van der Waals surface area (Å²) in [6, 6.07) is 21.5. The molecule has 1 aliphatic rings. The molecule has 0 aliphatic carbocycles. The summed E-state index contributed by atoms with van der Waals surface area (Å²) in [5.41, 5.74) is 3.39. The third-order valence-corrected chi connectivity index (χ3v) is 6.51. The van der Waals surface area contributed by atoms with Crippen molar-refractivity contribution in [1.29, 1.82) is 0 Å². The monoisotopic (exact) mass is 500 g/mol. The first-order valence-electron chi connectivity index (χ1n) is 11.3. The molecule has 4 aromatic rings. The van der Waals surface area contributed by atoms with Gasteiger partial charge in [0.05, 0.1) is 37.2 Å². The Morgan fingerprint density at radius 2 is 1.89 bits per heavy atom. The normalized spacial score (nSPS) is 17.1. The van der Waals surface area contributed by atoms with Gasteiger partial charge in [-0.2, -0.15) is 0 Å². The van der Waals surface area contributed by atoms with Crippen molar-refractivity contribution >= 4 is 29.0 Å². The lowest BCUT2D eigenvalue weighted by Gasteiger charge is -2.30. The van der Waals surface area contributed by atoms with Crippen LogP contribution in [-0.4, -0.2) is 40.0 Å². The minimum absolute atomic E-state index is 0.208. The van der Waals surface area contributed by atoms with Crippen LogP contribution in [0.15, 0.2) is 85.2 Å². The van der Waals surface area contributed by atoms with Gasteiger partial charge in [-0.05, 0) is 66.8 Å². The van der Waals surface area contributed by atoms with Crippen LogP contribution >= 0.6 is 12.2 Å². The molecule has 5 rings (SSSR count). The van der Waals surface area contributed by atoms with E-state index in [1.807, 2.05) is 70.3 Å². The van der Waals surface area contributed by atoms with Gasteiger partial charge in [-0.1, -0.05) is 12.1 Å². The summed E-state index contributed by atoms with van der Waals surface area (Å²) in [7, 11) is 3.23. The first-order valence-corrected chi connectivity index (χ1v) is 11.7. The van der Waals surface area contributed by atoms with Crippen molar-refractivity contribution < 1.29 is 19.4 Å². The number of pyridine rings is 1. The highest BCUT2D eigenvalue weighted by molar-refractivity contribution is 7.80. The van der Waals surface area contributed by atoms with E-state index >= 15 is 0 Å². The van der Waals surface area contributed by atoms with Crippen molar-refractivity contribution in [1.82, 2.24) is 14.9 Å². The van der Waals surface area contributed by atoms with Gasteiger partial charge in [0.1, 0.15) is 17.5 Å². The second-order valence-corrected chi connectivity index (χ2v) is 8.58. The highest BCUT2D eigenvalue weighted by Crippen LogP contribution is 2.46. The molecule has 0 amide bonds. The van der Waals surface area contributed by atoms with Gasteiger partial charge < -0.3 is 29.4 Å². The summed E-state index contributed by atoms with van der Waals surface area (Å²) in [6.07, 6.45) is 3.66. The van der Waals surface area contributed by atoms with E-state index in [4.69, 9.17) is 21.7 Å². The fourth-order valence-corrected chi connectivity index (χ4v) is 4.90. The van der Waals surface area contributed by atoms with Crippen LogP contribution in [0.25, 0.3) is 5.69 Å². The van der Waals surface area contributed by atoms with Crippen molar-refractivity contribution in [3.05, 3.63) is 102 Å². The molecule has 2 aromatic heterocycles. The van der Waals surface area contributed by atoms with Gasteiger partial charge in [0.15, 0.2) is 5.11 Å². The number of hydrogen-bond acceptors (Lipinski definition) is 5. The van der Waals surface area contributed by atoms with E-state index in [2.05, 4.69) is 10.3 Å². The average Bonchev–Trinajstić information content (AvgIpc) is 3.53. The van der Waals surface area contributed by atoms with E-state index in [9.17, 15) is 9.90 Å². The molecule has 182 valence electrons. The molecule has 8 nitrogen and oxygen atoms in total. The number of hydrogen-bond donors (Lipinski definition) is 2. The van der Waals surface area contributed by atoms with Crippen molar-refractivity contribution in [2.45, 2.75) is 12.1 Å². The van der Waals surface area contributed by atoms with Crippen LogP contribution in [-0.2, 0) is 0 Å². The Bertz CT molecular complexity index is 1420. The van der Waals surface area contributed by atoms with E-state index in [1.54, 1.807) is 38.6 Å². The molecule has 1 aliphatic heterocycles. The summed E-state index contributed by atoms with van der Waals surface area (Å²) in [5.74, 6) is 0.319. The molecule has 0 unspecified atom stereocenters. The molecule has 3 heterocycles. The zero-order valence-electron chi connectivity index (χ0n) is 19.7. The summed E-state index contributed by atoms with van der Waals surface area (Å²) in [4.78, 5) is 18.2. The third kappa shape index (κ3) is 4.14. The number of rotatable bonds is 7. The molecular weight excluding hydrogens is 476 g/mol. The number of thiocarbonyl (C=S) groups is 1. The van der Waals surface area contributed by atoms with Gasteiger partial charge >= 0.3 is 5.97 Å². The van der Waals surface area contributed by atoms with E-state index in [0.717, 1.165) is 22.8 Å². The minimum atomic E-state index is -0.983. The van der Waals surface area contributed by atoms with Crippen LogP contribution in [0, 0.1) is 0 Å². The van der Waals surface area contributed by atoms with Gasteiger partial charge in [0.2, 0.25) is 0 Å². The molecule has 0 bridgehead atoms. The standard InChI is InChI=1S/C27H24N4O4S/c1-34-19-11-12-23(35-2)22(16-19)31-25(24(29-27(31)36)20-9-3-4-13-28-20)21-10-6-14-30(21)18-8-5-7-17(15-18)26(32)33/h3-16,24-25H,1-2H3,(H,29,36)(H,32,33)/t24-,25+/m1/s1. The van der Waals surface area contributed by atoms with Crippen LogP contribution in [0.4, 0.5) is 5.69 Å². The van der Waals surface area contributed by atoms with Crippen LogP contribution in [0.3, 0.4) is 0 Å². The lowest BCUT2D eigenvalue weighted by atomic mass is 10.0. The van der Waals surface area contributed by atoms with Crippen molar-refractivity contribution in [2.75, 3.05) is 19.1 Å². The predicted molar refractivity (Wildman–Crippen MR) is 140 cm³/mol. The SMILES string of the molecule is COc1ccc(OC)c(N2C(=S)N[C@H](c3ccccn3)[C@@H]2c2cccn2-c2cccc(C(=O)O)c2)c1. The smallest absolute Gasteiger partial charge is 0.335 e. The number of aromatic nitrogens is 2. The molecule has 2 N–H and O–H groups in total. The van der Waals surface area contributed by atoms with Crippen molar-refractivity contribution in [3.63, 3.8) is 0 Å². The maximum absolute atomic E-state index is 11.6. The minimum Gasteiger partial charge on any atom is -0.497 e. The lowest BCUT2D eigenvalue weighted by Crippen LogP contribution is -2.30. The van der Waals surface area contributed by atoms with Gasteiger partial charge in [-0.3, -0.25) is 4.98 Å². The number of carboxylic acids is 1. The zero-order valence-corrected chi connectivity index (χ0v) is 20.5. The number of aromatic carboxylic acids is 1. The molecular formula is C27H24N4O4S. The number of methoxy groups -OCH3 is 2. The fraction of sp³-hybridized carbons (Fsp3) is 0.148. The second kappa shape index (κ2) is 9.71. The van der Waals surface area contributed by atoms with E-state index < -0.39 is 5.97 Å². The second-order valence-electron chi connectivity index (χ2n) is 8.19. The highest BCUT2D eigenvalue weighted by Gasteiger charge is 2.43. The Hall–Kier alpha value is -4.37. The number of anilines is 1. The molecule has 1 fully saturated rings. The largest absolute Gasteiger partial charge is 0.497 e. The van der Waals surface area contributed by atoms with Crippen LogP contribution in [0.5, 0.6) is 11.5 Å². The maximum Gasteiger partial charge on any atom is 0.335 e. The van der Waals surface area contributed by atoms with Gasteiger partial charge in [0.25, 0.3) is 0 Å². The molecule has 2 aromatic carbocycles. The van der Waals surface area contributed by atoms with Crippen LogP contribution in [0.2, 0.25) is 0 Å². The van der Waals surface area contributed by atoms with E-state index in [0.29, 0.717) is 16.6 Å². The lowest BCUT2D eigenvalue weighted by molar-refractivity contribution is 0.0697. The van der Waals surface area contributed by atoms with Gasteiger partial charge in [0, 0.05) is 29.8 Å². The number of benzene rings is 2. The number of ether oxygens (including phenoxy) is 2. The number of nitrogens with one attached hydrogen (secondary N) is 1. The topological polar surface area (TPSA) is 88.9 Å². The first kappa shape index (κ1) is 23.4. The average molecular weight is 501 g/mol. The zero-order chi connectivity index (χ0) is 25.2. The molecule has 0 saturated carbocycles. The van der Waals surface area contributed by atoms with E-state index in [-0.39, 0.29) is 17.6 Å². The first-order chi connectivity index (χ1) is 17.5. The summed E-state index contributed by atoms with van der Waals surface area (Å²) in [5, 5.41) is 13.5. The van der Waals surface area contributed by atoms with Gasteiger partial charge in [-0.25, -0.2) is 4.79 Å². The van der Waals surface area contributed by atoms with Crippen molar-refractivity contribution in [2.24, 2.45) is 0 Å². The highest BCUT2D eigenvalue weighted by atomic mass is 32.1. The molecule has 1 saturated heterocycles. The molecule has 9 heteroatoms. The maximum atomic E-state index is 11.6. The fourth-order valence-electron chi connectivity index (χ4n) is 4.56. The molecule has 2 atom stereocenters. The Morgan fingerprint density at radius 3 is 2.61 bits per heavy atom. The van der Waals surface area contributed by atoms with E-state index in [1.165, 1.54) is 0 Å². The van der Waals surface area contributed by atoms with Crippen LogP contribution in [0.1, 0.15) is 33.8 Å². The molecule has 36 heavy (non-hydrogen) atoms. The number of nitrogens with zero attached hydrogens (tertiary/aromatic N) is 3. The quantitative estimate of drug-likeness (QED) is 0.351. The van der Waals surface area contributed by atoms with Crippen LogP contribution < -0.4 is 19.7 Å². The number of carboxylic acid groups (broad SMARTS) is 1. The van der Waals surface area contributed by atoms with Crippen molar-refractivity contribution in [3.8, 4) is 17.2 Å². The summed E-state index contributed by atoms with van der Waals surface area (Å²) in [6.45, 7) is 0. The van der Waals surface area contributed by atoms with Gasteiger partial charge in [-0.15, -0.1) is 0 Å².